The maximum atomic E-state index is 12.8. The summed E-state index contributed by atoms with van der Waals surface area (Å²) in [6, 6.07) is 15.4. The SMILES string of the molecule is COc1ccc(OCc2nn3c(C(C)=O)c(-c4ccc(OC)cc4)c4c3n2CCCC4)cc1. The first-order chi connectivity index (χ1) is 16.1. The quantitative estimate of drug-likeness (QED) is 0.377. The number of nitrogens with zero attached hydrogens (tertiary/aromatic N) is 3. The van der Waals surface area contributed by atoms with Gasteiger partial charge in [-0.2, -0.15) is 0 Å². The molecule has 0 aliphatic carbocycles. The lowest BCUT2D eigenvalue weighted by molar-refractivity contribution is 0.101. The van der Waals surface area contributed by atoms with E-state index in [1.807, 2.05) is 53.0 Å². The van der Waals surface area contributed by atoms with E-state index in [0.29, 0.717) is 12.3 Å². The first-order valence-corrected chi connectivity index (χ1v) is 11.2. The minimum atomic E-state index is -0.00471. The molecule has 7 nitrogen and oxygen atoms in total. The van der Waals surface area contributed by atoms with Crippen LogP contribution in [0.3, 0.4) is 0 Å². The molecule has 0 saturated carbocycles. The molecular weight excluding hydrogens is 418 g/mol. The molecule has 0 N–H and O–H groups in total. The molecule has 0 amide bonds. The second-order valence-electron chi connectivity index (χ2n) is 8.21. The van der Waals surface area contributed by atoms with Gasteiger partial charge in [0.15, 0.2) is 11.6 Å². The van der Waals surface area contributed by atoms with Crippen molar-refractivity contribution < 1.29 is 19.0 Å². The third kappa shape index (κ3) is 3.73. The van der Waals surface area contributed by atoms with Gasteiger partial charge in [0.1, 0.15) is 35.2 Å². The summed E-state index contributed by atoms with van der Waals surface area (Å²) in [4.78, 5) is 12.8. The van der Waals surface area contributed by atoms with Crippen LogP contribution < -0.4 is 14.2 Å². The van der Waals surface area contributed by atoms with Crippen molar-refractivity contribution in [2.75, 3.05) is 14.2 Å². The second-order valence-corrected chi connectivity index (χ2v) is 8.21. The van der Waals surface area contributed by atoms with Crippen LogP contribution in [0.2, 0.25) is 0 Å². The Morgan fingerprint density at radius 1 is 0.939 bits per heavy atom. The Bertz CT molecular complexity index is 1300. The van der Waals surface area contributed by atoms with E-state index in [4.69, 9.17) is 19.3 Å². The van der Waals surface area contributed by atoms with Gasteiger partial charge in [-0.3, -0.25) is 4.79 Å². The highest BCUT2D eigenvalue weighted by molar-refractivity contribution is 6.02. The number of methoxy groups -OCH3 is 2. The van der Waals surface area contributed by atoms with Crippen molar-refractivity contribution in [3.8, 4) is 28.4 Å². The molecule has 33 heavy (non-hydrogen) atoms. The molecular formula is C26H27N3O4. The van der Waals surface area contributed by atoms with Crippen molar-refractivity contribution in [1.82, 2.24) is 14.2 Å². The fourth-order valence-corrected chi connectivity index (χ4v) is 4.62. The fourth-order valence-electron chi connectivity index (χ4n) is 4.62. The Labute approximate surface area is 192 Å². The van der Waals surface area contributed by atoms with Crippen LogP contribution in [-0.4, -0.2) is 34.2 Å². The Kier molecular flexibility index (Phi) is 5.54. The summed E-state index contributed by atoms with van der Waals surface area (Å²) in [5, 5.41) is 4.86. The predicted octanol–water partition coefficient (Wildman–Crippen LogP) is 4.94. The number of carbonyl (C=O) groups is 1. The van der Waals surface area contributed by atoms with E-state index < -0.39 is 0 Å². The zero-order chi connectivity index (χ0) is 22.9. The highest BCUT2D eigenvalue weighted by Gasteiger charge is 2.29. The molecule has 2 aromatic heterocycles. The van der Waals surface area contributed by atoms with Crippen LogP contribution in [0.5, 0.6) is 17.2 Å². The number of hydrogen-bond donors (Lipinski definition) is 0. The van der Waals surface area contributed by atoms with Crippen molar-refractivity contribution >= 4 is 11.4 Å². The summed E-state index contributed by atoms with van der Waals surface area (Å²) >= 11 is 0. The average molecular weight is 446 g/mol. The molecule has 1 aliphatic heterocycles. The van der Waals surface area contributed by atoms with Gasteiger partial charge >= 0.3 is 0 Å². The van der Waals surface area contributed by atoms with E-state index in [0.717, 1.165) is 65.7 Å². The smallest absolute Gasteiger partial charge is 0.178 e. The van der Waals surface area contributed by atoms with E-state index in [9.17, 15) is 4.79 Å². The molecule has 0 radical (unpaired) electrons. The Balaban J connectivity index is 1.59. The van der Waals surface area contributed by atoms with Gasteiger partial charge in [0.05, 0.1) is 14.2 Å². The number of ether oxygens (including phenoxy) is 3. The van der Waals surface area contributed by atoms with Crippen molar-refractivity contribution in [2.45, 2.75) is 39.3 Å². The molecule has 2 aromatic carbocycles. The maximum absolute atomic E-state index is 12.8. The van der Waals surface area contributed by atoms with E-state index in [2.05, 4.69) is 4.57 Å². The third-order valence-electron chi connectivity index (χ3n) is 6.20. The van der Waals surface area contributed by atoms with Crippen LogP contribution in [0.25, 0.3) is 16.8 Å². The molecule has 0 fully saturated rings. The molecule has 0 bridgehead atoms. The molecule has 0 atom stereocenters. The molecule has 3 heterocycles. The number of ketones is 1. The summed E-state index contributed by atoms with van der Waals surface area (Å²) in [6.45, 7) is 2.78. The van der Waals surface area contributed by atoms with Crippen LogP contribution in [0.4, 0.5) is 0 Å². The van der Waals surface area contributed by atoms with E-state index >= 15 is 0 Å². The largest absolute Gasteiger partial charge is 0.497 e. The van der Waals surface area contributed by atoms with Crippen LogP contribution in [0.15, 0.2) is 48.5 Å². The second kappa shape index (κ2) is 8.65. The normalized spacial score (nSPS) is 13.1. The first-order valence-electron chi connectivity index (χ1n) is 11.2. The van der Waals surface area contributed by atoms with Crippen molar-refractivity contribution in [1.29, 1.82) is 0 Å². The topological polar surface area (TPSA) is 67.0 Å². The molecule has 7 heteroatoms. The zero-order valence-electron chi connectivity index (χ0n) is 19.1. The Morgan fingerprint density at radius 3 is 2.21 bits per heavy atom. The minimum absolute atomic E-state index is 0.00471. The van der Waals surface area contributed by atoms with Gasteiger partial charge in [0.2, 0.25) is 0 Å². The lowest BCUT2D eigenvalue weighted by Crippen LogP contribution is -2.07. The number of benzene rings is 2. The molecule has 0 spiro atoms. The highest BCUT2D eigenvalue weighted by atomic mass is 16.5. The van der Waals surface area contributed by atoms with Crippen LogP contribution in [-0.2, 0) is 19.6 Å². The van der Waals surface area contributed by atoms with Crippen LogP contribution in [0, 0.1) is 0 Å². The van der Waals surface area contributed by atoms with E-state index in [1.165, 1.54) is 5.56 Å². The molecule has 5 rings (SSSR count). The lowest BCUT2D eigenvalue weighted by atomic mass is 9.97. The number of hydrogen-bond acceptors (Lipinski definition) is 5. The lowest BCUT2D eigenvalue weighted by Gasteiger charge is -2.09. The highest BCUT2D eigenvalue weighted by Crippen LogP contribution is 2.37. The van der Waals surface area contributed by atoms with Crippen molar-refractivity contribution in [3.63, 3.8) is 0 Å². The van der Waals surface area contributed by atoms with Crippen LogP contribution in [0.1, 0.15) is 41.6 Å². The van der Waals surface area contributed by atoms with Gasteiger partial charge in [-0.05, 0) is 61.2 Å². The molecule has 4 aromatic rings. The molecule has 0 saturated heterocycles. The molecule has 1 aliphatic rings. The standard InChI is InChI=1S/C26H27N3O4/c1-17(30)25-24(18-7-9-19(31-2)10-8-18)22-6-4-5-15-28-23(27-29(25)26(22)28)16-33-21-13-11-20(32-3)12-14-21/h7-14H,4-6,15-16H2,1-3H3. The summed E-state index contributed by atoms with van der Waals surface area (Å²) < 4.78 is 20.6. The van der Waals surface area contributed by atoms with Gasteiger partial charge in [-0.1, -0.05) is 12.1 Å². The number of aryl methyl sites for hydroxylation is 2. The van der Waals surface area contributed by atoms with Crippen molar-refractivity contribution in [2.24, 2.45) is 0 Å². The molecule has 0 unspecified atom stereocenters. The number of Topliss-reactive ketones (excluding diaryl/α,β-unsaturated/α-hetero) is 1. The molecule has 170 valence electrons. The number of aromatic nitrogens is 3. The van der Waals surface area contributed by atoms with Gasteiger partial charge < -0.3 is 18.8 Å². The number of carbonyl (C=O) groups excluding carboxylic acids is 1. The third-order valence-corrected chi connectivity index (χ3v) is 6.20. The van der Waals surface area contributed by atoms with Gasteiger partial charge in [0.25, 0.3) is 0 Å². The van der Waals surface area contributed by atoms with Gasteiger partial charge in [-0.25, -0.2) is 4.52 Å². The summed E-state index contributed by atoms with van der Waals surface area (Å²) in [6.07, 6.45) is 3.01. The summed E-state index contributed by atoms with van der Waals surface area (Å²) in [7, 11) is 3.29. The summed E-state index contributed by atoms with van der Waals surface area (Å²) in [5.74, 6) is 3.13. The summed E-state index contributed by atoms with van der Waals surface area (Å²) in [5.41, 5.74) is 4.77. The first kappa shape index (κ1) is 21.1. The van der Waals surface area contributed by atoms with Crippen LogP contribution >= 0.6 is 0 Å². The zero-order valence-corrected chi connectivity index (χ0v) is 19.1. The van der Waals surface area contributed by atoms with Gasteiger partial charge in [-0.15, -0.1) is 5.10 Å². The number of rotatable bonds is 7. The van der Waals surface area contributed by atoms with Gasteiger partial charge in [0, 0.05) is 24.6 Å². The van der Waals surface area contributed by atoms with E-state index in [-0.39, 0.29) is 5.78 Å². The monoisotopic (exact) mass is 445 g/mol. The Hall–Kier alpha value is -3.74. The fraction of sp³-hybridized carbons (Fsp3) is 0.308. The maximum Gasteiger partial charge on any atom is 0.178 e. The minimum Gasteiger partial charge on any atom is -0.497 e. The average Bonchev–Trinajstić information content (AvgIpc) is 3.24. The van der Waals surface area contributed by atoms with Crippen molar-refractivity contribution in [3.05, 3.63) is 65.6 Å². The predicted molar refractivity (Wildman–Crippen MR) is 125 cm³/mol. The van der Waals surface area contributed by atoms with E-state index in [1.54, 1.807) is 21.1 Å². The Morgan fingerprint density at radius 2 is 1.58 bits per heavy atom.